The van der Waals surface area contributed by atoms with Crippen molar-refractivity contribution < 1.29 is 31.9 Å². The van der Waals surface area contributed by atoms with Crippen molar-refractivity contribution in [2.45, 2.75) is 18.0 Å². The summed E-state index contributed by atoms with van der Waals surface area (Å²) in [7, 11) is -1.23. The average Bonchev–Trinajstić information content (AvgIpc) is 3.27. The SMILES string of the molecule is COC(=O)c1ccc(COC(=O)c2cc(S(=O)(=O)N(C)Cc3ccccc3)ccc2Cl)o1. The van der Waals surface area contributed by atoms with Crippen LogP contribution in [0.25, 0.3) is 0 Å². The summed E-state index contributed by atoms with van der Waals surface area (Å²) < 4.78 is 42.1. The van der Waals surface area contributed by atoms with Crippen LogP contribution in [0.3, 0.4) is 0 Å². The third kappa shape index (κ3) is 5.37. The number of halogens is 1. The number of carbonyl (C=O) groups excluding carboxylic acids is 2. The van der Waals surface area contributed by atoms with Crippen molar-refractivity contribution in [1.82, 2.24) is 4.31 Å². The third-order valence-electron chi connectivity index (χ3n) is 4.51. The molecule has 0 unspecified atom stereocenters. The maximum atomic E-state index is 13.0. The lowest BCUT2D eigenvalue weighted by Crippen LogP contribution is -2.26. The van der Waals surface area contributed by atoms with Crippen molar-refractivity contribution in [3.05, 3.63) is 88.3 Å². The largest absolute Gasteiger partial charge is 0.463 e. The van der Waals surface area contributed by atoms with Crippen LogP contribution >= 0.6 is 11.6 Å². The molecule has 0 aliphatic heterocycles. The molecule has 168 valence electrons. The first-order valence-electron chi connectivity index (χ1n) is 9.36. The molecule has 0 aliphatic rings. The highest BCUT2D eigenvalue weighted by molar-refractivity contribution is 7.89. The van der Waals surface area contributed by atoms with E-state index in [2.05, 4.69) is 4.74 Å². The Bertz CT molecular complexity index is 1220. The van der Waals surface area contributed by atoms with Gasteiger partial charge in [0.1, 0.15) is 12.4 Å². The van der Waals surface area contributed by atoms with E-state index in [4.69, 9.17) is 20.8 Å². The van der Waals surface area contributed by atoms with E-state index in [-0.39, 0.29) is 40.2 Å². The fraction of sp³-hybridized carbons (Fsp3) is 0.182. The minimum atomic E-state index is -3.89. The van der Waals surface area contributed by atoms with Crippen LogP contribution < -0.4 is 0 Å². The second-order valence-electron chi connectivity index (χ2n) is 6.72. The van der Waals surface area contributed by atoms with Crippen LogP contribution in [-0.2, 0) is 32.6 Å². The number of rotatable bonds is 8. The summed E-state index contributed by atoms with van der Waals surface area (Å²) >= 11 is 6.10. The molecule has 3 aromatic rings. The quantitative estimate of drug-likeness (QED) is 0.453. The van der Waals surface area contributed by atoms with E-state index in [9.17, 15) is 18.0 Å². The number of esters is 2. The lowest BCUT2D eigenvalue weighted by atomic mass is 10.2. The third-order valence-corrected chi connectivity index (χ3v) is 6.64. The summed E-state index contributed by atoms with van der Waals surface area (Å²) in [6.45, 7) is -0.121. The van der Waals surface area contributed by atoms with Crippen LogP contribution in [0.5, 0.6) is 0 Å². The van der Waals surface area contributed by atoms with Crippen molar-refractivity contribution in [2.24, 2.45) is 0 Å². The van der Waals surface area contributed by atoms with Crippen LogP contribution in [0.1, 0.15) is 32.2 Å². The molecule has 0 spiro atoms. The summed E-state index contributed by atoms with van der Waals surface area (Å²) in [5.74, 6) is -1.33. The van der Waals surface area contributed by atoms with Gasteiger partial charge in [0.2, 0.25) is 15.8 Å². The standard InChI is InChI=1S/C22H20ClNO7S/c1-24(13-15-6-4-3-5-7-15)32(27,28)17-9-10-19(23)18(12-17)21(25)30-14-16-8-11-20(31-16)22(26)29-2/h3-12H,13-14H2,1-2H3. The molecule has 0 bridgehead atoms. The molecule has 32 heavy (non-hydrogen) atoms. The van der Waals surface area contributed by atoms with Gasteiger partial charge >= 0.3 is 11.9 Å². The van der Waals surface area contributed by atoms with E-state index < -0.39 is 22.0 Å². The van der Waals surface area contributed by atoms with Crippen LogP contribution in [0.15, 0.2) is 70.0 Å². The Labute approximate surface area is 190 Å². The smallest absolute Gasteiger partial charge is 0.373 e. The zero-order chi connectivity index (χ0) is 23.3. The first-order chi connectivity index (χ1) is 15.2. The molecule has 0 radical (unpaired) electrons. The maximum absolute atomic E-state index is 13.0. The van der Waals surface area contributed by atoms with Gasteiger partial charge in [0.25, 0.3) is 0 Å². The van der Waals surface area contributed by atoms with Gasteiger partial charge in [-0.3, -0.25) is 0 Å². The van der Waals surface area contributed by atoms with Crippen molar-refractivity contribution in [3.8, 4) is 0 Å². The Balaban J connectivity index is 1.74. The summed E-state index contributed by atoms with van der Waals surface area (Å²) in [4.78, 5) is 23.9. The second-order valence-corrected chi connectivity index (χ2v) is 9.17. The van der Waals surface area contributed by atoms with Crippen molar-refractivity contribution in [1.29, 1.82) is 0 Å². The van der Waals surface area contributed by atoms with Crippen LogP contribution in [0.2, 0.25) is 5.02 Å². The Kier molecular flexibility index (Phi) is 7.34. The van der Waals surface area contributed by atoms with Crippen molar-refractivity contribution in [3.63, 3.8) is 0 Å². The number of furan rings is 1. The number of hydrogen-bond acceptors (Lipinski definition) is 7. The van der Waals surface area contributed by atoms with Gasteiger partial charge in [0.05, 0.1) is 22.6 Å². The molecule has 0 atom stereocenters. The van der Waals surface area contributed by atoms with Crippen LogP contribution in [0, 0.1) is 0 Å². The van der Waals surface area contributed by atoms with E-state index in [1.807, 2.05) is 30.3 Å². The topological polar surface area (TPSA) is 103 Å². The normalized spacial score (nSPS) is 11.4. The second kappa shape index (κ2) is 9.99. The van der Waals surface area contributed by atoms with Gasteiger partial charge in [0.15, 0.2) is 0 Å². The number of benzene rings is 2. The molecule has 0 amide bonds. The molecule has 0 fully saturated rings. The molecule has 2 aromatic carbocycles. The van der Waals surface area contributed by atoms with E-state index in [1.54, 1.807) is 0 Å². The molecule has 0 saturated heterocycles. The number of hydrogen-bond donors (Lipinski definition) is 0. The maximum Gasteiger partial charge on any atom is 0.373 e. The van der Waals surface area contributed by atoms with Gasteiger partial charge in [-0.05, 0) is 35.9 Å². The Morgan fingerprint density at radius 3 is 2.44 bits per heavy atom. The van der Waals surface area contributed by atoms with Gasteiger partial charge < -0.3 is 13.9 Å². The predicted molar refractivity (Wildman–Crippen MR) is 116 cm³/mol. The van der Waals surface area contributed by atoms with E-state index in [1.165, 1.54) is 48.8 Å². The van der Waals surface area contributed by atoms with Crippen LogP contribution in [0.4, 0.5) is 0 Å². The Morgan fingerprint density at radius 2 is 1.75 bits per heavy atom. The fourth-order valence-corrected chi connectivity index (χ4v) is 4.19. The zero-order valence-corrected chi connectivity index (χ0v) is 18.9. The summed E-state index contributed by atoms with van der Waals surface area (Å²) in [6.07, 6.45) is 0. The predicted octanol–water partition coefficient (Wildman–Crippen LogP) is 3.90. The first kappa shape index (κ1) is 23.5. The molecular formula is C22H20ClNO7S. The highest BCUT2D eigenvalue weighted by Gasteiger charge is 2.24. The number of nitrogens with zero attached hydrogens (tertiary/aromatic N) is 1. The first-order valence-corrected chi connectivity index (χ1v) is 11.2. The molecule has 0 saturated carbocycles. The Hall–Kier alpha value is -3.14. The molecule has 10 heteroatoms. The number of sulfonamides is 1. The van der Waals surface area contributed by atoms with E-state index in [0.717, 1.165) is 5.56 Å². The lowest BCUT2D eigenvalue weighted by molar-refractivity contribution is 0.0438. The molecule has 1 aromatic heterocycles. The minimum Gasteiger partial charge on any atom is -0.463 e. The molecule has 3 rings (SSSR count). The average molecular weight is 478 g/mol. The summed E-state index contributed by atoms with van der Waals surface area (Å²) in [5, 5.41) is 0.0364. The summed E-state index contributed by atoms with van der Waals surface area (Å²) in [6, 6.07) is 15.8. The number of methoxy groups -OCH3 is 1. The van der Waals surface area contributed by atoms with Crippen molar-refractivity contribution in [2.75, 3.05) is 14.2 Å². The highest BCUT2D eigenvalue weighted by atomic mass is 35.5. The van der Waals surface area contributed by atoms with Crippen LogP contribution in [-0.4, -0.2) is 38.8 Å². The minimum absolute atomic E-state index is 0.0360. The molecule has 0 N–H and O–H groups in total. The molecule has 1 heterocycles. The molecule has 8 nitrogen and oxygen atoms in total. The number of ether oxygens (including phenoxy) is 2. The fourth-order valence-electron chi connectivity index (χ4n) is 2.81. The van der Waals surface area contributed by atoms with Gasteiger partial charge in [-0.25, -0.2) is 18.0 Å². The molecular weight excluding hydrogens is 458 g/mol. The summed E-state index contributed by atoms with van der Waals surface area (Å²) in [5.41, 5.74) is 0.706. The van der Waals surface area contributed by atoms with Gasteiger partial charge in [0, 0.05) is 13.6 Å². The molecule has 0 aliphatic carbocycles. The monoisotopic (exact) mass is 477 g/mol. The van der Waals surface area contributed by atoms with Crippen molar-refractivity contribution >= 4 is 33.6 Å². The lowest BCUT2D eigenvalue weighted by Gasteiger charge is -2.18. The van der Waals surface area contributed by atoms with Gasteiger partial charge in [-0.15, -0.1) is 0 Å². The van der Waals surface area contributed by atoms with Gasteiger partial charge in [-0.2, -0.15) is 4.31 Å². The zero-order valence-electron chi connectivity index (χ0n) is 17.3. The van der Waals surface area contributed by atoms with E-state index in [0.29, 0.717) is 0 Å². The van der Waals surface area contributed by atoms with Gasteiger partial charge in [-0.1, -0.05) is 41.9 Å². The highest BCUT2D eigenvalue weighted by Crippen LogP contribution is 2.24. The van der Waals surface area contributed by atoms with E-state index >= 15 is 0 Å². The number of carbonyl (C=O) groups is 2. The Morgan fingerprint density at radius 1 is 1.03 bits per heavy atom.